The Labute approximate surface area is 162 Å². The minimum atomic E-state index is -3.82. The van der Waals surface area contributed by atoms with Crippen molar-refractivity contribution in [3.05, 3.63) is 58.6 Å². The van der Waals surface area contributed by atoms with E-state index in [0.717, 1.165) is 0 Å². The Morgan fingerprint density at radius 1 is 1.04 bits per heavy atom. The number of aromatic carboxylic acids is 1. The highest BCUT2D eigenvalue weighted by Gasteiger charge is 2.25. The Kier molecular flexibility index (Phi) is 6.59. The number of hydrogen-bond donors (Lipinski definition) is 2. The molecule has 2 aromatic carbocycles. The van der Waals surface area contributed by atoms with Crippen LogP contribution >= 0.6 is 11.6 Å². The number of rotatable bonds is 7. The number of halogens is 1. The minimum Gasteiger partial charge on any atom is -0.478 e. The van der Waals surface area contributed by atoms with E-state index < -0.39 is 21.9 Å². The van der Waals surface area contributed by atoms with Crippen molar-refractivity contribution in [2.45, 2.75) is 18.7 Å². The van der Waals surface area contributed by atoms with Gasteiger partial charge in [0.1, 0.15) is 4.90 Å². The molecule has 0 atom stereocenters. The van der Waals surface area contributed by atoms with Gasteiger partial charge in [0.05, 0.1) is 10.6 Å². The summed E-state index contributed by atoms with van der Waals surface area (Å²) in [6, 6.07) is 9.63. The lowest BCUT2D eigenvalue weighted by Gasteiger charge is -2.19. The van der Waals surface area contributed by atoms with Gasteiger partial charge in [0.2, 0.25) is 10.0 Å². The average molecular weight is 411 g/mol. The Hall–Kier alpha value is -2.42. The Morgan fingerprint density at radius 3 is 2.11 bits per heavy atom. The van der Waals surface area contributed by atoms with Crippen molar-refractivity contribution in [2.24, 2.45) is 0 Å². The number of carbonyl (C=O) groups is 2. The second-order valence-corrected chi connectivity index (χ2v) is 7.88. The fraction of sp³-hybridized carbons (Fsp3) is 0.222. The summed E-state index contributed by atoms with van der Waals surface area (Å²) in [6.07, 6.45) is 0. The molecule has 9 heteroatoms. The van der Waals surface area contributed by atoms with Crippen LogP contribution in [0.3, 0.4) is 0 Å². The maximum atomic E-state index is 12.7. The lowest BCUT2D eigenvalue weighted by atomic mass is 10.2. The highest BCUT2D eigenvalue weighted by Crippen LogP contribution is 2.26. The van der Waals surface area contributed by atoms with Crippen molar-refractivity contribution in [3.63, 3.8) is 0 Å². The Balaban J connectivity index is 2.31. The monoisotopic (exact) mass is 410 g/mol. The summed E-state index contributed by atoms with van der Waals surface area (Å²) in [4.78, 5) is 23.2. The number of carboxylic acids is 1. The molecule has 0 aliphatic rings. The molecule has 2 rings (SSSR count). The first-order valence-corrected chi connectivity index (χ1v) is 9.96. The first-order valence-electron chi connectivity index (χ1n) is 8.15. The quantitative estimate of drug-likeness (QED) is 0.728. The lowest BCUT2D eigenvalue weighted by molar-refractivity contribution is 0.0696. The molecular formula is C18H19ClN2O5S. The fourth-order valence-corrected chi connectivity index (χ4v) is 4.40. The van der Waals surface area contributed by atoms with Crippen molar-refractivity contribution in [3.8, 4) is 0 Å². The molecular weight excluding hydrogens is 392 g/mol. The number of carbonyl (C=O) groups excluding carboxylic acids is 1. The number of anilines is 1. The van der Waals surface area contributed by atoms with E-state index in [2.05, 4.69) is 5.32 Å². The summed E-state index contributed by atoms with van der Waals surface area (Å²) >= 11 is 6.06. The van der Waals surface area contributed by atoms with Crippen molar-refractivity contribution >= 4 is 39.2 Å². The van der Waals surface area contributed by atoms with Crippen molar-refractivity contribution in [1.82, 2.24) is 4.31 Å². The zero-order chi connectivity index (χ0) is 20.2. The third-order valence-electron chi connectivity index (χ3n) is 3.91. The van der Waals surface area contributed by atoms with Crippen LogP contribution in [0.25, 0.3) is 0 Å². The molecule has 0 saturated heterocycles. The molecule has 0 aliphatic carbocycles. The number of nitrogens with zero attached hydrogens (tertiary/aromatic N) is 1. The second-order valence-electron chi connectivity index (χ2n) is 5.57. The van der Waals surface area contributed by atoms with Gasteiger partial charge < -0.3 is 10.4 Å². The predicted molar refractivity (Wildman–Crippen MR) is 103 cm³/mol. The molecule has 144 valence electrons. The number of amides is 1. The van der Waals surface area contributed by atoms with E-state index in [1.165, 1.54) is 46.8 Å². The van der Waals surface area contributed by atoms with Crippen LogP contribution in [0, 0.1) is 0 Å². The van der Waals surface area contributed by atoms with Crippen LogP contribution < -0.4 is 5.32 Å². The molecule has 2 aromatic rings. The third kappa shape index (κ3) is 4.65. The van der Waals surface area contributed by atoms with Crippen LogP contribution in [0.15, 0.2) is 47.4 Å². The maximum Gasteiger partial charge on any atom is 0.335 e. The van der Waals surface area contributed by atoms with Gasteiger partial charge in [0.25, 0.3) is 5.91 Å². The molecule has 0 unspecified atom stereocenters. The second kappa shape index (κ2) is 8.51. The number of carboxylic acid groups (broad SMARTS) is 1. The van der Waals surface area contributed by atoms with Crippen LogP contribution in [-0.4, -0.2) is 42.8 Å². The summed E-state index contributed by atoms with van der Waals surface area (Å²) in [5, 5.41) is 11.5. The van der Waals surface area contributed by atoms with Crippen LogP contribution in [-0.2, 0) is 10.0 Å². The van der Waals surface area contributed by atoms with Crippen LogP contribution in [0.1, 0.15) is 34.6 Å². The summed E-state index contributed by atoms with van der Waals surface area (Å²) in [5.41, 5.74) is 0.590. The van der Waals surface area contributed by atoms with E-state index in [4.69, 9.17) is 16.7 Å². The van der Waals surface area contributed by atoms with Crippen molar-refractivity contribution in [1.29, 1.82) is 0 Å². The van der Waals surface area contributed by atoms with Gasteiger partial charge >= 0.3 is 5.97 Å². The predicted octanol–water partition coefficient (Wildman–Crippen LogP) is 3.32. The van der Waals surface area contributed by atoms with Crippen LogP contribution in [0.5, 0.6) is 0 Å². The van der Waals surface area contributed by atoms with E-state index >= 15 is 0 Å². The lowest BCUT2D eigenvalue weighted by Crippen LogP contribution is -2.31. The fourth-order valence-electron chi connectivity index (χ4n) is 2.44. The molecule has 2 N–H and O–H groups in total. The number of sulfonamides is 1. The Morgan fingerprint density at radius 2 is 1.59 bits per heavy atom. The molecule has 0 spiro atoms. The van der Waals surface area contributed by atoms with Crippen LogP contribution in [0.2, 0.25) is 5.02 Å². The minimum absolute atomic E-state index is 0.0317. The molecule has 0 bridgehead atoms. The molecule has 0 saturated carbocycles. The molecule has 0 radical (unpaired) electrons. The van der Waals surface area contributed by atoms with Gasteiger partial charge in [-0.1, -0.05) is 25.4 Å². The topological polar surface area (TPSA) is 104 Å². The molecule has 0 aromatic heterocycles. The number of benzene rings is 2. The summed E-state index contributed by atoms with van der Waals surface area (Å²) in [6.45, 7) is 3.99. The summed E-state index contributed by atoms with van der Waals surface area (Å²) in [7, 11) is -3.82. The molecule has 7 nitrogen and oxygen atoms in total. The summed E-state index contributed by atoms with van der Waals surface area (Å²) < 4.78 is 26.7. The van der Waals surface area contributed by atoms with Gasteiger partial charge in [0.15, 0.2) is 0 Å². The van der Waals surface area contributed by atoms with Gasteiger partial charge in [0, 0.05) is 24.3 Å². The number of nitrogens with one attached hydrogen (secondary N) is 1. The summed E-state index contributed by atoms with van der Waals surface area (Å²) in [5.74, 6) is -1.61. The molecule has 1 amide bonds. The molecule has 27 heavy (non-hydrogen) atoms. The van der Waals surface area contributed by atoms with Gasteiger partial charge in [-0.15, -0.1) is 0 Å². The molecule has 0 heterocycles. The maximum absolute atomic E-state index is 12.7. The van der Waals surface area contributed by atoms with E-state index in [0.29, 0.717) is 5.69 Å². The normalized spacial score (nSPS) is 11.4. The molecule has 0 aliphatic heterocycles. The first kappa shape index (κ1) is 20.9. The standard InChI is InChI=1S/C18H19ClN2O5S/c1-3-21(4-2)27(25,26)16-11-13(7-10-15(16)19)17(22)20-14-8-5-12(6-9-14)18(23)24/h5-11H,3-4H2,1-2H3,(H,20,22)(H,23,24). The van der Waals surface area contributed by atoms with Crippen molar-refractivity contribution < 1.29 is 23.1 Å². The zero-order valence-corrected chi connectivity index (χ0v) is 16.3. The van der Waals surface area contributed by atoms with Gasteiger partial charge in [-0.3, -0.25) is 4.79 Å². The SMILES string of the molecule is CCN(CC)S(=O)(=O)c1cc(C(=O)Nc2ccc(C(=O)O)cc2)ccc1Cl. The van der Waals surface area contributed by atoms with Gasteiger partial charge in [-0.2, -0.15) is 4.31 Å². The van der Waals surface area contributed by atoms with Crippen LogP contribution in [0.4, 0.5) is 5.69 Å². The smallest absolute Gasteiger partial charge is 0.335 e. The first-order chi connectivity index (χ1) is 12.7. The van der Waals surface area contributed by atoms with E-state index in [1.807, 2.05) is 0 Å². The van der Waals surface area contributed by atoms with E-state index in [1.54, 1.807) is 13.8 Å². The van der Waals surface area contributed by atoms with Crippen molar-refractivity contribution in [2.75, 3.05) is 18.4 Å². The number of hydrogen-bond acceptors (Lipinski definition) is 4. The Bertz CT molecular complexity index is 954. The highest BCUT2D eigenvalue weighted by molar-refractivity contribution is 7.89. The van der Waals surface area contributed by atoms with Gasteiger partial charge in [-0.25, -0.2) is 13.2 Å². The largest absolute Gasteiger partial charge is 0.478 e. The zero-order valence-electron chi connectivity index (χ0n) is 14.8. The molecule has 0 fully saturated rings. The highest BCUT2D eigenvalue weighted by atomic mass is 35.5. The van der Waals surface area contributed by atoms with E-state index in [9.17, 15) is 18.0 Å². The van der Waals surface area contributed by atoms with E-state index in [-0.39, 0.29) is 34.1 Å². The third-order valence-corrected chi connectivity index (χ3v) is 6.44. The van der Waals surface area contributed by atoms with Gasteiger partial charge in [-0.05, 0) is 42.5 Å². The average Bonchev–Trinajstić information content (AvgIpc) is 2.63.